The average molecular weight is 415 g/mol. The molecular formula is C23H31ClN4O. The van der Waals surface area contributed by atoms with E-state index in [-0.39, 0.29) is 29.8 Å². The molecule has 1 aromatic heterocycles. The van der Waals surface area contributed by atoms with Crippen LogP contribution in [-0.2, 0) is 11.3 Å². The molecule has 3 N–H and O–H groups in total. The number of carbonyl (C=O) groups excluding carboxylic acids is 1. The minimum Gasteiger partial charge on any atom is -0.341 e. The fourth-order valence-corrected chi connectivity index (χ4v) is 4.44. The molecule has 3 aromatic rings. The molecular weight excluding hydrogens is 384 g/mol. The van der Waals surface area contributed by atoms with Gasteiger partial charge in [-0.05, 0) is 63.0 Å². The van der Waals surface area contributed by atoms with Crippen molar-refractivity contribution in [2.45, 2.75) is 39.8 Å². The molecule has 1 aliphatic rings. The number of nitrogens with two attached hydrogens (primary N) is 1. The number of nitrogens with zero attached hydrogens (tertiary/aromatic N) is 2. The molecule has 6 heteroatoms. The summed E-state index contributed by atoms with van der Waals surface area (Å²) in [6.45, 7) is 9.73. The molecule has 0 bridgehead atoms. The number of fused-ring (bicyclic) bond motifs is 3. The first-order valence-corrected chi connectivity index (χ1v) is 10.2. The van der Waals surface area contributed by atoms with Crippen molar-refractivity contribution in [1.82, 2.24) is 9.47 Å². The second kappa shape index (κ2) is 8.34. The largest absolute Gasteiger partial charge is 0.341 e. The molecule has 1 amide bonds. The lowest BCUT2D eigenvalue weighted by molar-refractivity contribution is -0.120. The van der Waals surface area contributed by atoms with E-state index in [4.69, 9.17) is 5.73 Å². The van der Waals surface area contributed by atoms with E-state index in [1.807, 2.05) is 13.0 Å². The molecule has 0 aliphatic carbocycles. The number of aryl methyl sites for hydroxylation is 1. The Kier molecular flexibility index (Phi) is 6.22. The number of aromatic nitrogens is 1. The predicted molar refractivity (Wildman–Crippen MR) is 124 cm³/mol. The number of rotatable bonds is 5. The Bertz CT molecular complexity index is 1030. The fourth-order valence-electron chi connectivity index (χ4n) is 4.44. The number of carbonyl (C=O) groups is 1. The van der Waals surface area contributed by atoms with Crippen molar-refractivity contribution < 1.29 is 4.79 Å². The highest BCUT2D eigenvalue weighted by atomic mass is 35.5. The highest BCUT2D eigenvalue weighted by Gasteiger charge is 2.36. The van der Waals surface area contributed by atoms with Crippen LogP contribution in [0.2, 0.25) is 0 Å². The van der Waals surface area contributed by atoms with Gasteiger partial charge in [0.2, 0.25) is 5.91 Å². The number of halogens is 1. The van der Waals surface area contributed by atoms with Gasteiger partial charge in [0.1, 0.15) is 0 Å². The lowest BCUT2D eigenvalue weighted by Gasteiger charge is -2.26. The zero-order valence-corrected chi connectivity index (χ0v) is 18.3. The summed E-state index contributed by atoms with van der Waals surface area (Å²) >= 11 is 0. The molecule has 29 heavy (non-hydrogen) atoms. The van der Waals surface area contributed by atoms with E-state index >= 15 is 0 Å². The zero-order chi connectivity index (χ0) is 19.9. The Hall–Kier alpha value is -2.08. The second-order valence-electron chi connectivity index (χ2n) is 8.39. The molecule has 2 aromatic carbocycles. The number of hydrogen-bond donors (Lipinski definition) is 2. The summed E-state index contributed by atoms with van der Waals surface area (Å²) in [4.78, 5) is 15.1. The number of likely N-dealkylation sites (tertiary alicyclic amines) is 1. The van der Waals surface area contributed by atoms with E-state index in [1.54, 1.807) is 0 Å². The molecule has 1 aliphatic heterocycles. The highest BCUT2D eigenvalue weighted by Crippen LogP contribution is 2.32. The fraction of sp³-hybridized carbons (Fsp3) is 0.435. The van der Waals surface area contributed by atoms with Crippen molar-refractivity contribution in [3.05, 3.63) is 42.5 Å². The SMILES string of the molecule is CCn1c2ccccc2c2cc(NC(=O)C(C)N3CCC(C)(CN)C3)ccc21.Cl. The Balaban J connectivity index is 0.00000240. The van der Waals surface area contributed by atoms with E-state index in [2.05, 4.69) is 65.0 Å². The van der Waals surface area contributed by atoms with E-state index in [9.17, 15) is 4.79 Å². The minimum atomic E-state index is -0.166. The van der Waals surface area contributed by atoms with Gasteiger partial charge >= 0.3 is 0 Å². The van der Waals surface area contributed by atoms with Gasteiger partial charge in [-0.3, -0.25) is 9.69 Å². The third-order valence-electron chi connectivity index (χ3n) is 6.36. The third-order valence-corrected chi connectivity index (χ3v) is 6.36. The lowest BCUT2D eigenvalue weighted by Crippen LogP contribution is -2.42. The topological polar surface area (TPSA) is 63.3 Å². The summed E-state index contributed by atoms with van der Waals surface area (Å²) in [5.41, 5.74) is 9.32. The summed E-state index contributed by atoms with van der Waals surface area (Å²) in [6, 6.07) is 14.5. The van der Waals surface area contributed by atoms with Crippen LogP contribution in [0.15, 0.2) is 42.5 Å². The molecule has 2 atom stereocenters. The van der Waals surface area contributed by atoms with Gasteiger partial charge in [0.25, 0.3) is 0 Å². The van der Waals surface area contributed by atoms with Crippen molar-refractivity contribution in [2.24, 2.45) is 11.1 Å². The first kappa shape index (κ1) is 21.6. The van der Waals surface area contributed by atoms with Gasteiger partial charge in [0.15, 0.2) is 0 Å². The van der Waals surface area contributed by atoms with Crippen LogP contribution >= 0.6 is 12.4 Å². The molecule has 0 spiro atoms. The van der Waals surface area contributed by atoms with Crippen LogP contribution in [0.1, 0.15) is 27.2 Å². The van der Waals surface area contributed by atoms with Crippen molar-refractivity contribution >= 4 is 45.8 Å². The van der Waals surface area contributed by atoms with Crippen molar-refractivity contribution in [1.29, 1.82) is 0 Å². The summed E-state index contributed by atoms with van der Waals surface area (Å²) in [6.07, 6.45) is 1.05. The van der Waals surface area contributed by atoms with Crippen LogP contribution in [-0.4, -0.2) is 41.1 Å². The summed E-state index contributed by atoms with van der Waals surface area (Å²) < 4.78 is 2.32. The van der Waals surface area contributed by atoms with Gasteiger partial charge in [-0.15, -0.1) is 12.4 Å². The van der Waals surface area contributed by atoms with Gasteiger partial charge in [0, 0.05) is 40.6 Å². The second-order valence-corrected chi connectivity index (χ2v) is 8.39. The van der Waals surface area contributed by atoms with Crippen LogP contribution in [0.4, 0.5) is 5.69 Å². The molecule has 1 saturated heterocycles. The lowest BCUT2D eigenvalue weighted by atomic mass is 9.90. The Morgan fingerprint density at radius 2 is 1.93 bits per heavy atom. The maximum atomic E-state index is 12.9. The van der Waals surface area contributed by atoms with E-state index in [1.165, 1.54) is 21.8 Å². The number of hydrogen-bond acceptors (Lipinski definition) is 3. The summed E-state index contributed by atoms with van der Waals surface area (Å²) in [5, 5.41) is 5.53. The average Bonchev–Trinajstić information content (AvgIpc) is 3.26. The molecule has 2 unspecified atom stereocenters. The normalized spacial score (nSPS) is 20.7. The first-order valence-electron chi connectivity index (χ1n) is 10.2. The van der Waals surface area contributed by atoms with Crippen LogP contribution in [0.3, 0.4) is 0 Å². The molecule has 4 rings (SSSR count). The van der Waals surface area contributed by atoms with Gasteiger partial charge in [-0.1, -0.05) is 25.1 Å². The molecule has 1 fully saturated rings. The molecule has 5 nitrogen and oxygen atoms in total. The van der Waals surface area contributed by atoms with Gasteiger partial charge in [-0.25, -0.2) is 0 Å². The van der Waals surface area contributed by atoms with Crippen molar-refractivity contribution in [3.63, 3.8) is 0 Å². The Morgan fingerprint density at radius 3 is 2.62 bits per heavy atom. The van der Waals surface area contributed by atoms with Gasteiger partial charge in [-0.2, -0.15) is 0 Å². The maximum absolute atomic E-state index is 12.9. The summed E-state index contributed by atoms with van der Waals surface area (Å²) in [5.74, 6) is 0.0415. The van der Waals surface area contributed by atoms with Gasteiger partial charge < -0.3 is 15.6 Å². The van der Waals surface area contributed by atoms with E-state index in [0.717, 1.165) is 31.7 Å². The summed E-state index contributed by atoms with van der Waals surface area (Å²) in [7, 11) is 0. The van der Waals surface area contributed by atoms with E-state index < -0.39 is 0 Å². The third kappa shape index (κ3) is 3.87. The monoisotopic (exact) mass is 414 g/mol. The van der Waals surface area contributed by atoms with Crippen LogP contribution in [0.5, 0.6) is 0 Å². The number of benzene rings is 2. The Morgan fingerprint density at radius 1 is 1.21 bits per heavy atom. The van der Waals surface area contributed by atoms with Crippen molar-refractivity contribution in [3.8, 4) is 0 Å². The molecule has 156 valence electrons. The van der Waals surface area contributed by atoms with Gasteiger partial charge in [0.05, 0.1) is 6.04 Å². The quantitative estimate of drug-likeness (QED) is 0.656. The van der Waals surface area contributed by atoms with Crippen LogP contribution < -0.4 is 11.1 Å². The molecule has 2 heterocycles. The molecule has 0 saturated carbocycles. The van der Waals surface area contributed by atoms with E-state index in [0.29, 0.717) is 6.54 Å². The number of para-hydroxylation sites is 1. The maximum Gasteiger partial charge on any atom is 0.241 e. The number of anilines is 1. The minimum absolute atomic E-state index is 0. The smallest absolute Gasteiger partial charge is 0.241 e. The Labute approximate surface area is 178 Å². The van der Waals surface area contributed by atoms with Crippen LogP contribution in [0, 0.1) is 5.41 Å². The first-order chi connectivity index (χ1) is 13.5. The standard InChI is InChI=1S/C23H30N4O.ClH/c1-4-27-20-8-6-5-7-18(20)19-13-17(9-10-21(19)27)25-22(28)16(2)26-12-11-23(3,14-24)15-26;/h5-10,13,16H,4,11-12,14-15,24H2,1-3H3,(H,25,28);1H. The zero-order valence-electron chi connectivity index (χ0n) is 17.4. The number of amides is 1. The van der Waals surface area contributed by atoms with Crippen molar-refractivity contribution in [2.75, 3.05) is 25.0 Å². The predicted octanol–water partition coefficient (Wildman–Crippen LogP) is 4.23. The van der Waals surface area contributed by atoms with Crippen LogP contribution in [0.25, 0.3) is 21.8 Å². The number of nitrogens with one attached hydrogen (secondary N) is 1. The highest BCUT2D eigenvalue weighted by molar-refractivity contribution is 6.10. The molecule has 0 radical (unpaired) electrons.